The lowest BCUT2D eigenvalue weighted by Crippen LogP contribution is -2.60. The van der Waals surface area contributed by atoms with E-state index in [-0.39, 0.29) is 43.3 Å². The van der Waals surface area contributed by atoms with Crippen LogP contribution in [0.4, 0.5) is 0 Å². The van der Waals surface area contributed by atoms with E-state index in [1.165, 1.54) is 0 Å². The first-order chi connectivity index (χ1) is 29.4. The fraction of sp³-hybridized carbons (Fsp3) is 0.766. The highest BCUT2D eigenvalue weighted by atomic mass is 16.7. The van der Waals surface area contributed by atoms with Crippen LogP contribution in [-0.2, 0) is 47.4 Å². The Labute approximate surface area is 365 Å². The monoisotopic (exact) mass is 874 g/mol. The van der Waals surface area contributed by atoms with Gasteiger partial charge in [0.15, 0.2) is 18.4 Å². The van der Waals surface area contributed by atoms with Crippen molar-refractivity contribution < 1.29 is 73.0 Å². The van der Waals surface area contributed by atoms with Gasteiger partial charge in [-0.05, 0) is 62.8 Å². The zero-order valence-corrected chi connectivity index (χ0v) is 37.6. The van der Waals surface area contributed by atoms with Crippen molar-refractivity contribution in [3.05, 3.63) is 59.3 Å². The van der Waals surface area contributed by atoms with Gasteiger partial charge in [-0.2, -0.15) is 0 Å². The van der Waals surface area contributed by atoms with Crippen LogP contribution in [0.25, 0.3) is 0 Å². The van der Waals surface area contributed by atoms with Crippen LogP contribution in [0.3, 0.4) is 0 Å². The number of carbonyl (C=O) groups is 1. The molecule has 4 saturated heterocycles. The number of aliphatic hydroxyl groups excluding tert-OH is 4. The van der Waals surface area contributed by atoms with Gasteiger partial charge in [0.2, 0.25) is 0 Å². The van der Waals surface area contributed by atoms with Crippen molar-refractivity contribution in [3.8, 4) is 0 Å². The molecule has 0 unspecified atom stereocenters. The van der Waals surface area contributed by atoms with E-state index in [2.05, 4.69) is 32.9 Å². The third kappa shape index (κ3) is 9.35. The van der Waals surface area contributed by atoms with Crippen molar-refractivity contribution in [3.63, 3.8) is 0 Å². The Bertz CT molecular complexity index is 1740. The van der Waals surface area contributed by atoms with E-state index in [1.807, 2.05) is 39.0 Å². The van der Waals surface area contributed by atoms with E-state index in [1.54, 1.807) is 33.1 Å². The number of ether oxygens (including phenoxy) is 9. The SMILES string of the molecule is CC[C@H](C)[C@H]1O[C@]2(C=C[C@@H]1C)C[C@@H]1C[C@@H](C/C=C(\C)[C@@H](O[C@H]3C[C@H](OC)[C@@H](O[C@@H]4O[C@H](C)[C@@H](O)[C@H](O)[C@H]4O)[C@H](C)O3)[C@@H](C)/C=C/C=C3\CO[C@@H]4[C@H](O)C(C)=C[C@@H](C(=O)O1)[C@]34O)O2. The fourth-order valence-electron chi connectivity index (χ4n) is 10.3. The molecule has 6 aliphatic heterocycles. The van der Waals surface area contributed by atoms with Crippen molar-refractivity contribution in [2.45, 2.75) is 191 Å². The first kappa shape index (κ1) is 47.6. The summed E-state index contributed by atoms with van der Waals surface area (Å²) in [5, 5.41) is 55.0. The van der Waals surface area contributed by atoms with Crippen LogP contribution in [0.1, 0.15) is 87.5 Å². The first-order valence-electron chi connectivity index (χ1n) is 22.6. The van der Waals surface area contributed by atoms with Crippen LogP contribution in [0, 0.1) is 23.7 Å². The molecule has 0 aromatic carbocycles. The minimum atomic E-state index is -1.86. The van der Waals surface area contributed by atoms with Crippen molar-refractivity contribution in [1.29, 1.82) is 0 Å². The second-order valence-electron chi connectivity index (χ2n) is 18.9. The summed E-state index contributed by atoms with van der Waals surface area (Å²) in [6.45, 7) is 15.6. The molecule has 7 rings (SSSR count). The number of rotatable bonds is 7. The summed E-state index contributed by atoms with van der Waals surface area (Å²) >= 11 is 0. The molecule has 1 spiro atoms. The minimum absolute atomic E-state index is 0.00774. The van der Waals surface area contributed by atoms with E-state index in [0.717, 1.165) is 12.0 Å². The van der Waals surface area contributed by atoms with Crippen LogP contribution < -0.4 is 0 Å². The van der Waals surface area contributed by atoms with Crippen molar-refractivity contribution in [2.24, 2.45) is 23.7 Å². The highest BCUT2D eigenvalue weighted by Gasteiger charge is 2.60. The maximum atomic E-state index is 14.3. The number of aliphatic hydroxyl groups is 5. The molecule has 21 atom stereocenters. The lowest BCUT2D eigenvalue weighted by atomic mass is 9.71. The topological polar surface area (TPSA) is 201 Å². The smallest absolute Gasteiger partial charge is 0.316 e. The summed E-state index contributed by atoms with van der Waals surface area (Å²) in [4.78, 5) is 14.3. The Balaban J connectivity index is 1.19. The van der Waals surface area contributed by atoms with E-state index >= 15 is 0 Å². The summed E-state index contributed by atoms with van der Waals surface area (Å²) in [5.74, 6) is -2.71. The Morgan fingerprint density at radius 2 is 1.66 bits per heavy atom. The largest absolute Gasteiger partial charge is 0.462 e. The van der Waals surface area contributed by atoms with Crippen LogP contribution in [0.15, 0.2) is 59.3 Å². The average Bonchev–Trinajstić information content (AvgIpc) is 3.58. The highest BCUT2D eigenvalue weighted by molar-refractivity contribution is 5.78. The van der Waals surface area contributed by atoms with Gasteiger partial charge in [0, 0.05) is 38.2 Å². The number of methoxy groups -OCH3 is 1. The van der Waals surface area contributed by atoms with E-state index in [4.69, 9.17) is 42.6 Å². The molecule has 1 aliphatic carbocycles. The van der Waals surface area contributed by atoms with Gasteiger partial charge in [0.1, 0.15) is 54.2 Å². The zero-order chi connectivity index (χ0) is 44.8. The second kappa shape index (κ2) is 19.2. The van der Waals surface area contributed by atoms with Crippen molar-refractivity contribution in [2.75, 3.05) is 13.7 Å². The molecule has 15 nitrogen and oxygen atoms in total. The quantitative estimate of drug-likeness (QED) is 0.183. The highest BCUT2D eigenvalue weighted by Crippen LogP contribution is 2.47. The molecular formula is C47H70O15. The van der Waals surface area contributed by atoms with E-state index < -0.39 is 109 Å². The van der Waals surface area contributed by atoms with Gasteiger partial charge in [0.05, 0.1) is 43.2 Å². The number of carbonyl (C=O) groups excluding carboxylic acids is 1. The van der Waals surface area contributed by atoms with Crippen LogP contribution in [0.2, 0.25) is 0 Å². The molecule has 7 aliphatic rings. The molecular weight excluding hydrogens is 805 g/mol. The molecule has 0 amide bonds. The molecule has 0 aromatic rings. The predicted molar refractivity (Wildman–Crippen MR) is 224 cm³/mol. The molecule has 62 heavy (non-hydrogen) atoms. The number of hydrogen-bond acceptors (Lipinski definition) is 15. The molecule has 348 valence electrons. The van der Waals surface area contributed by atoms with Gasteiger partial charge in [-0.3, -0.25) is 4.79 Å². The summed E-state index contributed by atoms with van der Waals surface area (Å²) in [6.07, 6.45) is 2.99. The predicted octanol–water partition coefficient (Wildman–Crippen LogP) is 3.69. The van der Waals surface area contributed by atoms with Crippen molar-refractivity contribution >= 4 is 5.97 Å². The molecule has 4 fully saturated rings. The summed E-state index contributed by atoms with van der Waals surface area (Å²) in [6, 6.07) is 0. The Kier molecular flexibility index (Phi) is 14.8. The first-order valence-corrected chi connectivity index (χ1v) is 22.6. The van der Waals surface area contributed by atoms with Gasteiger partial charge in [-0.25, -0.2) is 0 Å². The summed E-state index contributed by atoms with van der Waals surface area (Å²) < 4.78 is 57.2. The Hall–Kier alpha value is -2.35. The molecule has 0 saturated carbocycles. The number of allylic oxidation sites excluding steroid dienone is 2. The lowest BCUT2D eigenvalue weighted by Gasteiger charge is -2.48. The van der Waals surface area contributed by atoms with Gasteiger partial charge < -0.3 is 68.2 Å². The van der Waals surface area contributed by atoms with Crippen molar-refractivity contribution in [1.82, 2.24) is 0 Å². The number of esters is 1. The maximum absolute atomic E-state index is 14.3. The summed E-state index contributed by atoms with van der Waals surface area (Å²) in [7, 11) is 1.56. The normalized spacial score (nSPS) is 50.4. The number of hydrogen-bond donors (Lipinski definition) is 5. The minimum Gasteiger partial charge on any atom is -0.462 e. The standard InChI is InChI=1S/C47H70O15/c1-10-23(2)41-26(5)16-17-46(62-41)21-32-19-31(61-46)15-14-25(4)40(24(3)12-11-13-30-22-55-43-36(48)27(6)18-33(44(52)58-32)47(30,43)53)59-35-20-34(54-9)42(29(8)56-35)60-45-39(51)38(50)37(49)28(7)57-45/h11-14,16-18,23-24,26,28-29,31-43,45,48-51,53H,10,15,19-22H2,1-9H3/b12-11+,25-14+,30-13+/t23-,24-,26-,28+,29-,31+,32-,33-,34-,35-,36+,37+,38-,39+,40-,41+,42-,43+,45-,46+,47+/m0/s1. The van der Waals surface area contributed by atoms with Crippen LogP contribution in [-0.4, -0.2) is 149 Å². The Morgan fingerprint density at radius 3 is 2.39 bits per heavy atom. The molecule has 2 bridgehead atoms. The molecule has 15 heteroatoms. The van der Waals surface area contributed by atoms with Gasteiger partial charge in [-0.15, -0.1) is 0 Å². The second-order valence-corrected chi connectivity index (χ2v) is 18.9. The van der Waals surface area contributed by atoms with Crippen LogP contribution in [0.5, 0.6) is 0 Å². The van der Waals surface area contributed by atoms with Gasteiger partial charge in [0.25, 0.3) is 0 Å². The summed E-state index contributed by atoms with van der Waals surface area (Å²) in [5.41, 5.74) is 0.0160. The lowest BCUT2D eigenvalue weighted by molar-refractivity contribution is -0.340. The third-order valence-corrected chi connectivity index (χ3v) is 14.3. The van der Waals surface area contributed by atoms with Gasteiger partial charge >= 0.3 is 5.97 Å². The zero-order valence-electron chi connectivity index (χ0n) is 37.6. The number of fused-ring (bicyclic) bond motifs is 2. The Morgan fingerprint density at radius 1 is 0.903 bits per heavy atom. The molecule has 6 heterocycles. The van der Waals surface area contributed by atoms with E-state index in [0.29, 0.717) is 24.0 Å². The average molecular weight is 875 g/mol. The van der Waals surface area contributed by atoms with Crippen LogP contribution >= 0.6 is 0 Å². The molecule has 0 aromatic heterocycles. The van der Waals surface area contributed by atoms with Gasteiger partial charge in [-0.1, -0.05) is 70.6 Å². The maximum Gasteiger partial charge on any atom is 0.316 e. The molecule has 5 N–H and O–H groups in total. The van der Waals surface area contributed by atoms with E-state index in [9.17, 15) is 30.3 Å². The third-order valence-electron chi connectivity index (χ3n) is 14.3. The molecule has 0 radical (unpaired) electrons. The fourth-order valence-corrected chi connectivity index (χ4v) is 10.3.